The van der Waals surface area contributed by atoms with E-state index in [1.54, 1.807) is 55.7 Å². The van der Waals surface area contributed by atoms with E-state index in [9.17, 15) is 14.4 Å². The van der Waals surface area contributed by atoms with Crippen LogP contribution in [0.15, 0.2) is 144 Å². The fourth-order valence-corrected chi connectivity index (χ4v) is 5.82. The number of benzene rings is 5. The molecule has 3 N–H and O–H groups in total. The normalized spacial score (nSPS) is 11.7. The highest BCUT2D eigenvalue weighted by Gasteiger charge is 2.20. The van der Waals surface area contributed by atoms with Gasteiger partial charge in [0.2, 0.25) is 5.91 Å². The molecule has 0 bridgehead atoms. The molecule has 5 rings (SSSR count). The summed E-state index contributed by atoms with van der Waals surface area (Å²) in [5.74, 6) is -0.446. The molecule has 7 nitrogen and oxygen atoms in total. The molecule has 0 saturated heterocycles. The zero-order valence-corrected chi connectivity index (χ0v) is 26.9. The van der Waals surface area contributed by atoms with Crippen molar-refractivity contribution in [3.63, 3.8) is 0 Å². The standard InChI is InChI=1S/C39H35N3O4S/c1-3-36(39(45)41-33-19-10-11-20-35(33)46-2)47-32-18-12-17-31(26-32)40-38(44)34(42-37(43)30-15-8-5-9-16-30)25-27-21-23-29(24-22-27)28-13-6-4-7-14-28/h4-26,36H,3H2,1-2H3,(H,40,44)(H,41,45)(H,42,43)/b34-25+. The van der Waals surface area contributed by atoms with E-state index in [2.05, 4.69) is 16.0 Å². The molecule has 0 heterocycles. The van der Waals surface area contributed by atoms with Gasteiger partial charge in [-0.3, -0.25) is 14.4 Å². The Kier molecular flexibility index (Phi) is 11.2. The van der Waals surface area contributed by atoms with Gasteiger partial charge in [0.15, 0.2) is 0 Å². The molecule has 1 unspecified atom stereocenters. The number of hydrogen-bond acceptors (Lipinski definition) is 5. The van der Waals surface area contributed by atoms with Gasteiger partial charge in [0.05, 0.1) is 18.0 Å². The van der Waals surface area contributed by atoms with Crippen LogP contribution in [0.1, 0.15) is 29.3 Å². The van der Waals surface area contributed by atoms with E-state index in [-0.39, 0.29) is 16.9 Å². The van der Waals surface area contributed by atoms with E-state index in [0.717, 1.165) is 21.6 Å². The van der Waals surface area contributed by atoms with E-state index < -0.39 is 11.8 Å². The first-order valence-electron chi connectivity index (χ1n) is 15.2. The highest BCUT2D eigenvalue weighted by Crippen LogP contribution is 2.30. The summed E-state index contributed by atoms with van der Waals surface area (Å²) in [5, 5.41) is 8.29. The van der Waals surface area contributed by atoms with Gasteiger partial charge in [0.1, 0.15) is 11.4 Å². The predicted molar refractivity (Wildman–Crippen MR) is 190 cm³/mol. The molecule has 236 valence electrons. The molecule has 3 amide bonds. The number of hydrogen-bond donors (Lipinski definition) is 3. The van der Waals surface area contributed by atoms with E-state index in [1.807, 2.05) is 97.9 Å². The molecule has 5 aromatic rings. The van der Waals surface area contributed by atoms with Crippen molar-refractivity contribution in [2.45, 2.75) is 23.5 Å². The minimum absolute atomic E-state index is 0.0898. The van der Waals surface area contributed by atoms with Gasteiger partial charge in [-0.05, 0) is 71.7 Å². The highest BCUT2D eigenvalue weighted by molar-refractivity contribution is 8.00. The Morgan fingerprint density at radius 1 is 0.745 bits per heavy atom. The van der Waals surface area contributed by atoms with Crippen LogP contribution in [0.4, 0.5) is 11.4 Å². The third kappa shape index (κ3) is 8.99. The number of amides is 3. The van der Waals surface area contributed by atoms with Crippen molar-refractivity contribution in [3.8, 4) is 16.9 Å². The lowest BCUT2D eigenvalue weighted by Crippen LogP contribution is -2.30. The molecular formula is C39H35N3O4S. The van der Waals surface area contributed by atoms with Crippen LogP contribution in [0.2, 0.25) is 0 Å². The molecular weight excluding hydrogens is 607 g/mol. The number of anilines is 2. The summed E-state index contributed by atoms with van der Waals surface area (Å²) in [6.45, 7) is 1.95. The zero-order chi connectivity index (χ0) is 33.0. The van der Waals surface area contributed by atoms with Gasteiger partial charge in [-0.15, -0.1) is 11.8 Å². The van der Waals surface area contributed by atoms with Gasteiger partial charge < -0.3 is 20.7 Å². The number of nitrogens with one attached hydrogen (secondary N) is 3. The predicted octanol–water partition coefficient (Wildman–Crippen LogP) is 8.28. The summed E-state index contributed by atoms with van der Waals surface area (Å²) in [6.07, 6.45) is 2.24. The molecule has 0 saturated carbocycles. The number of carbonyl (C=O) groups excluding carboxylic acids is 3. The van der Waals surface area contributed by atoms with Crippen molar-refractivity contribution in [2.75, 3.05) is 17.7 Å². The molecule has 8 heteroatoms. The zero-order valence-electron chi connectivity index (χ0n) is 26.1. The van der Waals surface area contributed by atoms with Crippen LogP contribution < -0.4 is 20.7 Å². The van der Waals surface area contributed by atoms with Crippen molar-refractivity contribution in [1.82, 2.24) is 5.32 Å². The fourth-order valence-electron chi connectivity index (χ4n) is 4.80. The maximum atomic E-state index is 13.7. The van der Waals surface area contributed by atoms with Crippen molar-refractivity contribution in [1.29, 1.82) is 0 Å². The molecule has 0 aliphatic rings. The molecule has 0 radical (unpaired) electrons. The third-order valence-corrected chi connectivity index (χ3v) is 8.61. The van der Waals surface area contributed by atoms with E-state index >= 15 is 0 Å². The van der Waals surface area contributed by atoms with Gasteiger partial charge in [-0.2, -0.15) is 0 Å². The largest absolute Gasteiger partial charge is 0.495 e. The Balaban J connectivity index is 1.33. The van der Waals surface area contributed by atoms with Crippen LogP contribution in [-0.2, 0) is 9.59 Å². The quantitative estimate of drug-likeness (QED) is 0.0941. The van der Waals surface area contributed by atoms with Gasteiger partial charge in [0, 0.05) is 16.1 Å². The van der Waals surface area contributed by atoms with Crippen LogP contribution in [0.25, 0.3) is 17.2 Å². The van der Waals surface area contributed by atoms with Crippen LogP contribution >= 0.6 is 11.8 Å². The topological polar surface area (TPSA) is 96.5 Å². The van der Waals surface area contributed by atoms with Gasteiger partial charge >= 0.3 is 0 Å². The van der Waals surface area contributed by atoms with Gasteiger partial charge in [-0.25, -0.2) is 0 Å². The fraction of sp³-hybridized carbons (Fsp3) is 0.103. The summed E-state index contributed by atoms with van der Waals surface area (Å²) < 4.78 is 5.37. The number of ether oxygens (including phenoxy) is 1. The number of para-hydroxylation sites is 2. The lowest BCUT2D eigenvalue weighted by Gasteiger charge is -2.17. The third-order valence-electron chi connectivity index (χ3n) is 7.26. The van der Waals surface area contributed by atoms with Crippen molar-refractivity contribution in [2.24, 2.45) is 0 Å². The summed E-state index contributed by atoms with van der Waals surface area (Å²) >= 11 is 1.40. The summed E-state index contributed by atoms with van der Waals surface area (Å²) in [4.78, 5) is 40.7. The first-order valence-corrected chi connectivity index (χ1v) is 16.1. The molecule has 0 spiro atoms. The molecule has 0 fully saturated rings. The first-order chi connectivity index (χ1) is 22.9. The SMILES string of the molecule is CCC(Sc1cccc(NC(=O)/C(=C\c2ccc(-c3ccccc3)cc2)NC(=O)c2ccccc2)c1)C(=O)Nc1ccccc1OC. The van der Waals surface area contributed by atoms with E-state index in [4.69, 9.17) is 4.74 Å². The first kappa shape index (κ1) is 32.8. The molecule has 1 atom stereocenters. The number of rotatable bonds is 12. The summed E-state index contributed by atoms with van der Waals surface area (Å²) in [6, 6.07) is 41.1. The second kappa shape index (κ2) is 16.1. The Morgan fingerprint density at radius 2 is 1.40 bits per heavy atom. The Hall–Kier alpha value is -5.60. The second-order valence-electron chi connectivity index (χ2n) is 10.6. The lowest BCUT2D eigenvalue weighted by molar-refractivity contribution is -0.116. The second-order valence-corrected chi connectivity index (χ2v) is 11.8. The molecule has 0 aliphatic heterocycles. The molecule has 5 aromatic carbocycles. The van der Waals surface area contributed by atoms with E-state index in [1.165, 1.54) is 11.8 Å². The van der Waals surface area contributed by atoms with Crippen LogP contribution in [-0.4, -0.2) is 30.1 Å². The minimum Gasteiger partial charge on any atom is -0.495 e. The minimum atomic E-state index is -0.482. The van der Waals surface area contributed by atoms with Crippen molar-refractivity contribution in [3.05, 3.63) is 150 Å². The average molecular weight is 642 g/mol. The molecule has 0 aromatic heterocycles. The monoisotopic (exact) mass is 641 g/mol. The number of methoxy groups -OCH3 is 1. The maximum absolute atomic E-state index is 13.7. The Bertz CT molecular complexity index is 1860. The van der Waals surface area contributed by atoms with Crippen LogP contribution in [0.5, 0.6) is 5.75 Å². The molecule has 0 aliphatic carbocycles. The highest BCUT2D eigenvalue weighted by atomic mass is 32.2. The van der Waals surface area contributed by atoms with Crippen molar-refractivity contribution < 1.29 is 19.1 Å². The Morgan fingerprint density at radius 3 is 2.11 bits per heavy atom. The van der Waals surface area contributed by atoms with E-state index in [0.29, 0.717) is 29.1 Å². The average Bonchev–Trinajstić information content (AvgIpc) is 3.11. The smallest absolute Gasteiger partial charge is 0.272 e. The maximum Gasteiger partial charge on any atom is 0.272 e. The van der Waals surface area contributed by atoms with Crippen LogP contribution in [0, 0.1) is 0 Å². The van der Waals surface area contributed by atoms with Crippen LogP contribution in [0.3, 0.4) is 0 Å². The van der Waals surface area contributed by atoms with Crippen molar-refractivity contribution >= 4 is 46.9 Å². The lowest BCUT2D eigenvalue weighted by atomic mass is 10.0. The van der Waals surface area contributed by atoms with Gasteiger partial charge in [0.25, 0.3) is 11.8 Å². The Labute approximate surface area is 279 Å². The van der Waals surface area contributed by atoms with Gasteiger partial charge in [-0.1, -0.05) is 97.9 Å². The number of thioether (sulfide) groups is 1. The summed E-state index contributed by atoms with van der Waals surface area (Å²) in [5.41, 5.74) is 4.52. The summed E-state index contributed by atoms with van der Waals surface area (Å²) in [7, 11) is 1.56. The number of carbonyl (C=O) groups is 3. The molecule has 47 heavy (non-hydrogen) atoms.